The van der Waals surface area contributed by atoms with Gasteiger partial charge >= 0.3 is 0 Å². The number of thioether (sulfide) groups is 1. The summed E-state index contributed by atoms with van der Waals surface area (Å²) in [5, 5.41) is 11.4. The highest BCUT2D eigenvalue weighted by atomic mass is 32.2. The van der Waals surface area contributed by atoms with Gasteiger partial charge in [-0.25, -0.2) is 0 Å². The zero-order valence-electron chi connectivity index (χ0n) is 14.0. The number of anilines is 2. The van der Waals surface area contributed by atoms with Gasteiger partial charge < -0.3 is 14.8 Å². The van der Waals surface area contributed by atoms with Gasteiger partial charge in [0.1, 0.15) is 6.33 Å². The van der Waals surface area contributed by atoms with Crippen molar-refractivity contribution in [2.75, 3.05) is 22.5 Å². The molecule has 0 aliphatic rings. The molecule has 7 heteroatoms. The van der Waals surface area contributed by atoms with Crippen LogP contribution in [0.4, 0.5) is 11.4 Å². The maximum atomic E-state index is 12.0. The molecule has 1 aromatic carbocycles. The van der Waals surface area contributed by atoms with Gasteiger partial charge in [-0.05, 0) is 45.0 Å². The van der Waals surface area contributed by atoms with E-state index in [9.17, 15) is 4.79 Å². The van der Waals surface area contributed by atoms with E-state index in [1.165, 1.54) is 11.8 Å². The zero-order valence-corrected chi connectivity index (χ0v) is 14.8. The number of benzene rings is 1. The van der Waals surface area contributed by atoms with Crippen molar-refractivity contribution in [2.45, 2.75) is 32.0 Å². The summed E-state index contributed by atoms with van der Waals surface area (Å²) in [5.41, 5.74) is 1.96. The van der Waals surface area contributed by atoms with Crippen LogP contribution in [0.25, 0.3) is 0 Å². The smallest absolute Gasteiger partial charge is 0.234 e. The van der Waals surface area contributed by atoms with E-state index in [4.69, 9.17) is 0 Å². The standard InChI is InChI=1S/C16H23N5OS/c1-5-21(12(2)3)14-8-6-13(7-9-14)18-15(22)10-23-16-19-17-11-20(16)4/h6-9,11-12H,5,10H2,1-4H3,(H,18,22). The topological polar surface area (TPSA) is 63.1 Å². The van der Waals surface area contributed by atoms with Crippen molar-refractivity contribution in [3.05, 3.63) is 30.6 Å². The largest absolute Gasteiger partial charge is 0.369 e. The molecule has 2 rings (SSSR count). The Balaban J connectivity index is 1.90. The molecule has 0 saturated heterocycles. The normalized spacial score (nSPS) is 10.8. The van der Waals surface area contributed by atoms with Crippen LogP contribution in [0.2, 0.25) is 0 Å². The lowest BCUT2D eigenvalue weighted by Gasteiger charge is -2.27. The minimum Gasteiger partial charge on any atom is -0.369 e. The van der Waals surface area contributed by atoms with Crippen molar-refractivity contribution in [1.29, 1.82) is 0 Å². The molecule has 0 spiro atoms. The second-order valence-corrected chi connectivity index (χ2v) is 6.43. The predicted molar refractivity (Wildman–Crippen MR) is 95.0 cm³/mol. The Kier molecular flexibility index (Phi) is 6.04. The van der Waals surface area contributed by atoms with E-state index in [0.29, 0.717) is 11.8 Å². The first-order valence-electron chi connectivity index (χ1n) is 7.64. The molecule has 0 aliphatic heterocycles. The number of hydrogen-bond donors (Lipinski definition) is 1. The molecule has 1 N–H and O–H groups in total. The molecule has 6 nitrogen and oxygen atoms in total. The summed E-state index contributed by atoms with van der Waals surface area (Å²) in [6.45, 7) is 7.43. The fourth-order valence-electron chi connectivity index (χ4n) is 2.31. The van der Waals surface area contributed by atoms with Gasteiger partial charge in [0.25, 0.3) is 0 Å². The molecule has 1 heterocycles. The molecule has 1 amide bonds. The van der Waals surface area contributed by atoms with Gasteiger partial charge in [-0.1, -0.05) is 11.8 Å². The molecule has 0 atom stereocenters. The summed E-state index contributed by atoms with van der Waals surface area (Å²) in [5.74, 6) is 0.253. The number of aryl methyl sites for hydroxylation is 1. The quantitative estimate of drug-likeness (QED) is 0.790. The minimum atomic E-state index is -0.0537. The second-order valence-electron chi connectivity index (χ2n) is 5.49. The van der Waals surface area contributed by atoms with Gasteiger partial charge in [0, 0.05) is 31.0 Å². The van der Waals surface area contributed by atoms with Crippen LogP contribution in [0, 0.1) is 0 Å². The van der Waals surface area contributed by atoms with Crippen LogP contribution in [0.1, 0.15) is 20.8 Å². The van der Waals surface area contributed by atoms with E-state index in [-0.39, 0.29) is 5.91 Å². The summed E-state index contributed by atoms with van der Waals surface area (Å²) in [7, 11) is 1.85. The first-order valence-corrected chi connectivity index (χ1v) is 8.63. The van der Waals surface area contributed by atoms with Crippen LogP contribution in [-0.2, 0) is 11.8 Å². The Morgan fingerprint density at radius 1 is 1.35 bits per heavy atom. The molecule has 2 aromatic rings. The van der Waals surface area contributed by atoms with Crippen LogP contribution in [0.5, 0.6) is 0 Å². The molecule has 0 radical (unpaired) electrons. The predicted octanol–water partition coefficient (Wildman–Crippen LogP) is 2.78. The summed E-state index contributed by atoms with van der Waals surface area (Å²) < 4.78 is 1.79. The van der Waals surface area contributed by atoms with Crippen molar-refractivity contribution in [3.8, 4) is 0 Å². The Morgan fingerprint density at radius 3 is 2.57 bits per heavy atom. The second kappa shape index (κ2) is 8.01. The number of nitrogens with one attached hydrogen (secondary N) is 1. The highest BCUT2D eigenvalue weighted by Gasteiger charge is 2.10. The van der Waals surface area contributed by atoms with Gasteiger partial charge in [-0.15, -0.1) is 10.2 Å². The van der Waals surface area contributed by atoms with E-state index in [0.717, 1.165) is 23.1 Å². The molecule has 0 fully saturated rings. The number of rotatable bonds is 7. The first kappa shape index (κ1) is 17.3. The molecule has 0 saturated carbocycles. The number of hydrogen-bond acceptors (Lipinski definition) is 5. The Hall–Kier alpha value is -2.02. The number of amides is 1. The molecular formula is C16H23N5OS. The average Bonchev–Trinajstić information content (AvgIpc) is 2.92. The summed E-state index contributed by atoms with van der Waals surface area (Å²) in [6.07, 6.45) is 1.62. The third-order valence-corrected chi connectivity index (χ3v) is 4.48. The highest BCUT2D eigenvalue weighted by molar-refractivity contribution is 7.99. The zero-order chi connectivity index (χ0) is 16.8. The van der Waals surface area contributed by atoms with Crippen LogP contribution in [-0.4, -0.2) is 39.0 Å². The van der Waals surface area contributed by atoms with E-state index in [1.807, 2.05) is 31.3 Å². The van der Waals surface area contributed by atoms with E-state index < -0.39 is 0 Å². The Labute approximate surface area is 141 Å². The molecule has 0 unspecified atom stereocenters. The van der Waals surface area contributed by atoms with Gasteiger partial charge in [0.05, 0.1) is 5.75 Å². The summed E-state index contributed by atoms with van der Waals surface area (Å²) in [4.78, 5) is 14.3. The van der Waals surface area contributed by atoms with Crippen LogP contribution in [0.3, 0.4) is 0 Å². The number of carbonyl (C=O) groups excluding carboxylic acids is 1. The third-order valence-electron chi connectivity index (χ3n) is 3.45. The summed E-state index contributed by atoms with van der Waals surface area (Å²) in [6, 6.07) is 8.39. The minimum absolute atomic E-state index is 0.0537. The summed E-state index contributed by atoms with van der Waals surface area (Å²) >= 11 is 1.37. The SMILES string of the molecule is CCN(c1ccc(NC(=O)CSc2nncn2C)cc1)C(C)C. The fourth-order valence-corrected chi connectivity index (χ4v) is 3.00. The van der Waals surface area contributed by atoms with Gasteiger partial charge in [0.15, 0.2) is 5.16 Å². The molecule has 124 valence electrons. The number of aromatic nitrogens is 3. The van der Waals surface area contributed by atoms with Crippen LogP contribution < -0.4 is 10.2 Å². The molecule has 0 bridgehead atoms. The van der Waals surface area contributed by atoms with E-state index in [1.54, 1.807) is 10.9 Å². The van der Waals surface area contributed by atoms with Crippen molar-refractivity contribution in [1.82, 2.24) is 14.8 Å². The third kappa shape index (κ3) is 4.72. The number of carbonyl (C=O) groups is 1. The fraction of sp³-hybridized carbons (Fsp3) is 0.438. The lowest BCUT2D eigenvalue weighted by molar-refractivity contribution is -0.113. The maximum Gasteiger partial charge on any atom is 0.234 e. The maximum absolute atomic E-state index is 12.0. The Bertz CT molecular complexity index is 638. The lowest BCUT2D eigenvalue weighted by Crippen LogP contribution is -2.30. The van der Waals surface area contributed by atoms with Gasteiger partial charge in [-0.2, -0.15) is 0 Å². The van der Waals surface area contributed by atoms with Crippen molar-refractivity contribution >= 4 is 29.0 Å². The molecular weight excluding hydrogens is 310 g/mol. The van der Waals surface area contributed by atoms with E-state index >= 15 is 0 Å². The Morgan fingerprint density at radius 2 is 2.04 bits per heavy atom. The van der Waals surface area contributed by atoms with Crippen LogP contribution in [0.15, 0.2) is 35.7 Å². The highest BCUT2D eigenvalue weighted by Crippen LogP contribution is 2.20. The average molecular weight is 333 g/mol. The molecule has 23 heavy (non-hydrogen) atoms. The number of nitrogens with zero attached hydrogens (tertiary/aromatic N) is 4. The van der Waals surface area contributed by atoms with Crippen molar-refractivity contribution in [2.24, 2.45) is 7.05 Å². The molecule has 0 aliphatic carbocycles. The monoisotopic (exact) mass is 333 g/mol. The lowest BCUT2D eigenvalue weighted by atomic mass is 10.2. The first-order chi connectivity index (χ1) is 11.0. The van der Waals surface area contributed by atoms with Crippen molar-refractivity contribution in [3.63, 3.8) is 0 Å². The molecule has 1 aromatic heterocycles. The van der Waals surface area contributed by atoms with E-state index in [2.05, 4.69) is 41.2 Å². The van der Waals surface area contributed by atoms with Gasteiger partial charge in [0.2, 0.25) is 5.91 Å². The van der Waals surface area contributed by atoms with Gasteiger partial charge in [-0.3, -0.25) is 4.79 Å². The van der Waals surface area contributed by atoms with Crippen LogP contribution >= 0.6 is 11.8 Å². The van der Waals surface area contributed by atoms with Crippen molar-refractivity contribution < 1.29 is 4.79 Å².